The van der Waals surface area contributed by atoms with Crippen LogP contribution in [0.1, 0.15) is 309 Å². The molecule has 1 amide bonds. The SMILES string of the molecule is CC/C=C\C/C=C\C/C=C\C/C=C\C/C=C\CCCCCCCCCC(=O)NC(CO)C(O)CCCCCCCCCCCCCCCCCCCCCCCCCCCCCCCCC. The monoisotopic (exact) mass is 922 g/mol. The summed E-state index contributed by atoms with van der Waals surface area (Å²) < 4.78 is 0. The number of amides is 1. The van der Waals surface area contributed by atoms with Gasteiger partial charge in [0.2, 0.25) is 5.91 Å². The van der Waals surface area contributed by atoms with Crippen molar-refractivity contribution in [1.82, 2.24) is 5.32 Å². The van der Waals surface area contributed by atoms with Crippen molar-refractivity contribution in [3.8, 4) is 0 Å². The largest absolute Gasteiger partial charge is 0.394 e. The van der Waals surface area contributed by atoms with Crippen molar-refractivity contribution in [3.63, 3.8) is 0 Å². The first-order valence-corrected chi connectivity index (χ1v) is 29.5. The number of aliphatic hydroxyl groups is 2. The van der Waals surface area contributed by atoms with Crippen molar-refractivity contribution < 1.29 is 15.0 Å². The molecule has 0 aromatic carbocycles. The quantitative estimate of drug-likeness (QED) is 0.0420. The Morgan fingerprint density at radius 2 is 0.667 bits per heavy atom. The Balaban J connectivity index is 3.46. The van der Waals surface area contributed by atoms with Gasteiger partial charge in [0.05, 0.1) is 18.8 Å². The minimum absolute atomic E-state index is 0.0407. The molecule has 66 heavy (non-hydrogen) atoms. The molecule has 0 fully saturated rings. The summed E-state index contributed by atoms with van der Waals surface area (Å²) in [5.41, 5.74) is 0. The first-order valence-electron chi connectivity index (χ1n) is 29.5. The molecule has 2 atom stereocenters. The molecule has 0 saturated heterocycles. The Bertz CT molecular complexity index is 1090. The van der Waals surface area contributed by atoms with E-state index >= 15 is 0 Å². The molecular weight excluding hydrogens is 807 g/mol. The van der Waals surface area contributed by atoms with Crippen LogP contribution in [0.2, 0.25) is 0 Å². The van der Waals surface area contributed by atoms with Crippen molar-refractivity contribution in [2.75, 3.05) is 6.61 Å². The first-order chi connectivity index (χ1) is 32.7. The van der Waals surface area contributed by atoms with Crippen LogP contribution >= 0.6 is 0 Å². The normalized spacial score (nSPS) is 13.2. The summed E-state index contributed by atoms with van der Waals surface area (Å²) in [5.74, 6) is -0.0407. The van der Waals surface area contributed by atoms with E-state index in [0.717, 1.165) is 64.2 Å². The van der Waals surface area contributed by atoms with E-state index in [9.17, 15) is 15.0 Å². The molecular formula is C62H115NO3. The van der Waals surface area contributed by atoms with Crippen LogP contribution in [-0.4, -0.2) is 34.9 Å². The van der Waals surface area contributed by atoms with Gasteiger partial charge in [-0.1, -0.05) is 306 Å². The topological polar surface area (TPSA) is 69.6 Å². The molecule has 0 spiro atoms. The van der Waals surface area contributed by atoms with Crippen LogP contribution < -0.4 is 5.32 Å². The second kappa shape index (κ2) is 57.4. The lowest BCUT2D eigenvalue weighted by atomic mass is 10.0. The third-order valence-electron chi connectivity index (χ3n) is 13.5. The summed E-state index contributed by atoms with van der Waals surface area (Å²) in [6, 6.07) is -0.547. The van der Waals surface area contributed by atoms with Crippen LogP contribution in [0.15, 0.2) is 60.8 Å². The highest BCUT2D eigenvalue weighted by molar-refractivity contribution is 5.76. The van der Waals surface area contributed by atoms with Crippen LogP contribution in [0.5, 0.6) is 0 Å². The Kier molecular flexibility index (Phi) is 55.7. The molecule has 0 heterocycles. The van der Waals surface area contributed by atoms with Gasteiger partial charge in [-0.15, -0.1) is 0 Å². The molecule has 0 saturated carbocycles. The number of carbonyl (C=O) groups is 1. The number of unbranched alkanes of at least 4 members (excludes halogenated alkanes) is 37. The molecule has 0 aliphatic rings. The number of rotatable bonds is 54. The fourth-order valence-electron chi connectivity index (χ4n) is 9.10. The van der Waals surface area contributed by atoms with E-state index in [0.29, 0.717) is 12.8 Å². The molecule has 0 bridgehead atoms. The summed E-state index contributed by atoms with van der Waals surface area (Å²) >= 11 is 0. The summed E-state index contributed by atoms with van der Waals surface area (Å²) in [7, 11) is 0. The zero-order chi connectivity index (χ0) is 47.7. The lowest BCUT2D eigenvalue weighted by Crippen LogP contribution is -2.45. The molecule has 386 valence electrons. The maximum atomic E-state index is 12.5. The van der Waals surface area contributed by atoms with Gasteiger partial charge in [0.25, 0.3) is 0 Å². The molecule has 0 rings (SSSR count). The van der Waals surface area contributed by atoms with Gasteiger partial charge in [-0.2, -0.15) is 0 Å². The first kappa shape index (κ1) is 64.1. The third-order valence-corrected chi connectivity index (χ3v) is 13.5. The predicted molar refractivity (Wildman–Crippen MR) is 294 cm³/mol. The zero-order valence-electron chi connectivity index (χ0n) is 44.5. The van der Waals surface area contributed by atoms with Crippen LogP contribution in [0, 0.1) is 0 Å². The predicted octanol–water partition coefficient (Wildman–Crippen LogP) is 19.6. The summed E-state index contributed by atoms with van der Waals surface area (Å²) in [6.45, 7) is 4.27. The minimum Gasteiger partial charge on any atom is -0.394 e. The van der Waals surface area contributed by atoms with Crippen molar-refractivity contribution in [1.29, 1.82) is 0 Å². The van der Waals surface area contributed by atoms with Gasteiger partial charge in [0, 0.05) is 6.42 Å². The van der Waals surface area contributed by atoms with Gasteiger partial charge in [-0.05, 0) is 57.8 Å². The molecule has 0 aliphatic heterocycles. The van der Waals surface area contributed by atoms with E-state index in [1.807, 2.05) is 0 Å². The highest BCUT2D eigenvalue weighted by atomic mass is 16.3. The van der Waals surface area contributed by atoms with Crippen LogP contribution in [0.4, 0.5) is 0 Å². The summed E-state index contributed by atoms with van der Waals surface area (Å²) in [4.78, 5) is 12.5. The van der Waals surface area contributed by atoms with Crippen molar-refractivity contribution in [3.05, 3.63) is 60.8 Å². The molecule has 4 nitrogen and oxygen atoms in total. The summed E-state index contributed by atoms with van der Waals surface area (Å²) in [5, 5.41) is 23.4. The van der Waals surface area contributed by atoms with Gasteiger partial charge in [0.1, 0.15) is 0 Å². The van der Waals surface area contributed by atoms with E-state index in [1.165, 1.54) is 218 Å². The molecule has 0 aromatic heterocycles. The molecule has 0 aliphatic carbocycles. The highest BCUT2D eigenvalue weighted by Gasteiger charge is 2.20. The average molecular weight is 923 g/mol. The molecule has 3 N–H and O–H groups in total. The number of nitrogens with one attached hydrogen (secondary N) is 1. The van der Waals surface area contributed by atoms with E-state index in [4.69, 9.17) is 0 Å². The minimum atomic E-state index is -0.669. The Morgan fingerprint density at radius 3 is 1.00 bits per heavy atom. The lowest BCUT2D eigenvalue weighted by molar-refractivity contribution is -0.123. The number of hydrogen-bond donors (Lipinski definition) is 3. The van der Waals surface area contributed by atoms with Gasteiger partial charge >= 0.3 is 0 Å². The van der Waals surface area contributed by atoms with Crippen molar-refractivity contribution in [2.24, 2.45) is 0 Å². The standard InChI is InChI=1S/C62H115NO3/c1-3-5-7-9-11-13-15-17-19-21-23-25-27-28-29-30-31-32-33-34-36-37-39-41-43-45-47-49-51-53-55-57-61(65)60(59-64)63-62(66)58-56-54-52-50-48-46-44-42-40-38-35-26-24-22-20-18-16-14-12-10-8-6-4-2/h6,8,12,14,18,20,24,26,38,40,60-61,64-65H,3-5,7,9-11,13,15-17,19,21-23,25,27-37,39,41-59H2,1-2H3,(H,63,66)/b8-6-,14-12-,20-18-,26-24-,40-38-. The van der Waals surface area contributed by atoms with Gasteiger partial charge in [-0.3, -0.25) is 4.79 Å². The molecule has 2 unspecified atom stereocenters. The summed E-state index contributed by atoms with van der Waals surface area (Å²) in [6.07, 6.45) is 80.8. The number of allylic oxidation sites excluding steroid dienone is 10. The van der Waals surface area contributed by atoms with Crippen LogP contribution in [0.3, 0.4) is 0 Å². The maximum Gasteiger partial charge on any atom is 0.220 e. The number of hydrogen-bond acceptors (Lipinski definition) is 3. The van der Waals surface area contributed by atoms with Crippen LogP contribution in [-0.2, 0) is 4.79 Å². The average Bonchev–Trinajstić information content (AvgIpc) is 3.32. The second-order valence-electron chi connectivity index (χ2n) is 20.0. The van der Waals surface area contributed by atoms with Crippen molar-refractivity contribution >= 4 is 5.91 Å². The third kappa shape index (κ3) is 53.1. The molecule has 0 radical (unpaired) electrons. The highest BCUT2D eigenvalue weighted by Crippen LogP contribution is 2.18. The Labute approximate surface area is 413 Å². The van der Waals surface area contributed by atoms with E-state index in [-0.39, 0.29) is 12.5 Å². The Hall–Kier alpha value is -1.91. The molecule has 4 heteroatoms. The Morgan fingerprint density at radius 1 is 0.379 bits per heavy atom. The van der Waals surface area contributed by atoms with Gasteiger partial charge in [-0.25, -0.2) is 0 Å². The van der Waals surface area contributed by atoms with E-state index in [1.54, 1.807) is 0 Å². The van der Waals surface area contributed by atoms with E-state index in [2.05, 4.69) is 79.9 Å². The number of aliphatic hydroxyl groups excluding tert-OH is 2. The van der Waals surface area contributed by atoms with Crippen molar-refractivity contribution in [2.45, 2.75) is 321 Å². The van der Waals surface area contributed by atoms with E-state index < -0.39 is 12.1 Å². The van der Waals surface area contributed by atoms with Gasteiger partial charge in [0.15, 0.2) is 0 Å². The van der Waals surface area contributed by atoms with Crippen LogP contribution in [0.25, 0.3) is 0 Å². The zero-order valence-corrected chi connectivity index (χ0v) is 44.5. The fraction of sp³-hybridized carbons (Fsp3) is 0.823. The smallest absolute Gasteiger partial charge is 0.220 e. The molecule has 0 aromatic rings. The fourth-order valence-corrected chi connectivity index (χ4v) is 9.10. The second-order valence-corrected chi connectivity index (χ2v) is 20.0. The lowest BCUT2D eigenvalue weighted by Gasteiger charge is -2.22. The maximum absolute atomic E-state index is 12.5. The number of carbonyl (C=O) groups excluding carboxylic acids is 1. The van der Waals surface area contributed by atoms with Gasteiger partial charge < -0.3 is 15.5 Å².